The first-order valence-electron chi connectivity index (χ1n) is 6.25. The number of fused-ring (bicyclic) bond motifs is 1. The Balaban J connectivity index is 1.85. The van der Waals surface area contributed by atoms with Crippen LogP contribution >= 0.6 is 23.4 Å². The maximum atomic E-state index is 6.25. The molecule has 0 fully saturated rings. The van der Waals surface area contributed by atoms with E-state index in [1.807, 2.05) is 48.5 Å². The largest absolute Gasteiger partial charge is 0.399 e. The lowest BCUT2D eigenvalue weighted by Crippen LogP contribution is -1.89. The first-order chi connectivity index (χ1) is 9.72. The van der Waals surface area contributed by atoms with E-state index in [-0.39, 0.29) is 0 Å². The maximum absolute atomic E-state index is 6.25. The van der Waals surface area contributed by atoms with Gasteiger partial charge in [-0.1, -0.05) is 35.9 Å². The van der Waals surface area contributed by atoms with Gasteiger partial charge in [-0.3, -0.25) is 0 Å². The number of para-hydroxylation sites is 1. The van der Waals surface area contributed by atoms with Gasteiger partial charge in [-0.05, 0) is 30.3 Å². The van der Waals surface area contributed by atoms with Crippen molar-refractivity contribution in [2.75, 3.05) is 5.73 Å². The molecule has 3 rings (SSSR count). The Bertz CT molecular complexity index is 758. The zero-order chi connectivity index (χ0) is 13.9. The van der Waals surface area contributed by atoms with Gasteiger partial charge in [0.15, 0.2) is 0 Å². The summed E-state index contributed by atoms with van der Waals surface area (Å²) in [6, 6.07) is 17.9. The highest BCUT2D eigenvalue weighted by Crippen LogP contribution is 2.28. The fourth-order valence-electron chi connectivity index (χ4n) is 2.00. The summed E-state index contributed by atoms with van der Waals surface area (Å²) in [6.07, 6.45) is 0. The van der Waals surface area contributed by atoms with Crippen LogP contribution in [0.2, 0.25) is 5.15 Å². The molecule has 2 nitrogen and oxygen atoms in total. The number of nitrogen functional groups attached to an aromatic ring is 1. The lowest BCUT2D eigenvalue weighted by molar-refractivity contribution is 1.30. The van der Waals surface area contributed by atoms with Gasteiger partial charge < -0.3 is 5.73 Å². The van der Waals surface area contributed by atoms with E-state index in [2.05, 4.69) is 11.1 Å². The fraction of sp³-hybridized carbons (Fsp3) is 0.0625. The molecular weight excluding hydrogens is 288 g/mol. The molecule has 0 aliphatic heterocycles. The summed E-state index contributed by atoms with van der Waals surface area (Å²) >= 11 is 7.96. The summed E-state index contributed by atoms with van der Waals surface area (Å²) < 4.78 is 0. The molecule has 20 heavy (non-hydrogen) atoms. The van der Waals surface area contributed by atoms with Crippen LogP contribution in [0.4, 0.5) is 5.69 Å². The summed E-state index contributed by atoms with van der Waals surface area (Å²) in [6.45, 7) is 0. The van der Waals surface area contributed by atoms with Gasteiger partial charge in [0.1, 0.15) is 5.15 Å². The molecule has 1 heterocycles. The second-order valence-corrected chi connectivity index (χ2v) is 5.90. The molecule has 0 atom stereocenters. The number of benzene rings is 2. The van der Waals surface area contributed by atoms with E-state index in [4.69, 9.17) is 17.3 Å². The van der Waals surface area contributed by atoms with Crippen molar-refractivity contribution in [1.29, 1.82) is 0 Å². The highest BCUT2D eigenvalue weighted by atomic mass is 35.5. The lowest BCUT2D eigenvalue weighted by Gasteiger charge is -2.06. The Morgan fingerprint density at radius 1 is 1.05 bits per heavy atom. The number of hydrogen-bond acceptors (Lipinski definition) is 3. The highest BCUT2D eigenvalue weighted by molar-refractivity contribution is 7.98. The second-order valence-electron chi connectivity index (χ2n) is 4.49. The number of halogens is 1. The van der Waals surface area contributed by atoms with E-state index in [1.54, 1.807) is 11.8 Å². The second kappa shape index (κ2) is 5.73. The number of thioether (sulfide) groups is 1. The molecule has 2 aromatic carbocycles. The Morgan fingerprint density at radius 2 is 1.90 bits per heavy atom. The maximum Gasteiger partial charge on any atom is 0.133 e. The van der Waals surface area contributed by atoms with Crippen LogP contribution in [-0.2, 0) is 5.75 Å². The quantitative estimate of drug-likeness (QED) is 0.430. The zero-order valence-corrected chi connectivity index (χ0v) is 12.3. The van der Waals surface area contributed by atoms with Crippen LogP contribution in [0.5, 0.6) is 0 Å². The van der Waals surface area contributed by atoms with Crippen molar-refractivity contribution in [2.45, 2.75) is 10.6 Å². The smallest absolute Gasteiger partial charge is 0.133 e. The molecule has 0 bridgehead atoms. The van der Waals surface area contributed by atoms with Crippen molar-refractivity contribution in [3.63, 3.8) is 0 Å². The minimum Gasteiger partial charge on any atom is -0.399 e. The minimum absolute atomic E-state index is 0.570. The van der Waals surface area contributed by atoms with Crippen molar-refractivity contribution in [3.05, 3.63) is 65.3 Å². The molecule has 0 radical (unpaired) electrons. The van der Waals surface area contributed by atoms with Gasteiger partial charge >= 0.3 is 0 Å². The predicted molar refractivity (Wildman–Crippen MR) is 87.2 cm³/mol. The summed E-state index contributed by atoms with van der Waals surface area (Å²) in [5, 5.41) is 1.68. The molecule has 0 unspecified atom stereocenters. The normalized spacial score (nSPS) is 10.8. The van der Waals surface area contributed by atoms with Crippen molar-refractivity contribution < 1.29 is 0 Å². The fourth-order valence-corrected chi connectivity index (χ4v) is 3.23. The monoisotopic (exact) mass is 300 g/mol. The Hall–Kier alpha value is -1.71. The summed E-state index contributed by atoms with van der Waals surface area (Å²) in [7, 11) is 0. The van der Waals surface area contributed by atoms with E-state index in [9.17, 15) is 0 Å². The molecule has 3 aromatic rings. The number of aromatic nitrogens is 1. The van der Waals surface area contributed by atoms with Gasteiger partial charge in [-0.15, -0.1) is 11.8 Å². The topological polar surface area (TPSA) is 38.9 Å². The molecule has 0 amide bonds. The van der Waals surface area contributed by atoms with Crippen molar-refractivity contribution >= 4 is 40.0 Å². The first-order valence-corrected chi connectivity index (χ1v) is 7.61. The standard InChI is InChI=1S/C16H13ClN2S/c17-16-12(8-11-4-1-2-7-15(11)19-16)10-20-14-6-3-5-13(18)9-14/h1-9H,10,18H2. The third-order valence-corrected chi connectivity index (χ3v) is 4.37. The molecule has 0 aliphatic carbocycles. The Morgan fingerprint density at radius 3 is 2.75 bits per heavy atom. The van der Waals surface area contributed by atoms with Gasteiger partial charge in [0.2, 0.25) is 0 Å². The lowest BCUT2D eigenvalue weighted by atomic mass is 10.2. The number of nitrogens with two attached hydrogens (primary N) is 1. The van der Waals surface area contributed by atoms with Crippen LogP contribution in [0.1, 0.15) is 5.56 Å². The average Bonchev–Trinajstić information content (AvgIpc) is 2.45. The molecule has 4 heteroatoms. The molecule has 1 aromatic heterocycles. The van der Waals surface area contributed by atoms with Gasteiger partial charge in [0.05, 0.1) is 5.52 Å². The van der Waals surface area contributed by atoms with E-state index in [0.717, 1.165) is 32.8 Å². The number of pyridine rings is 1. The number of anilines is 1. The zero-order valence-electron chi connectivity index (χ0n) is 10.7. The van der Waals surface area contributed by atoms with Gasteiger partial charge in [0, 0.05) is 27.3 Å². The molecule has 2 N–H and O–H groups in total. The van der Waals surface area contributed by atoms with E-state index in [0.29, 0.717) is 5.15 Å². The molecule has 0 spiro atoms. The van der Waals surface area contributed by atoms with Crippen molar-refractivity contribution in [3.8, 4) is 0 Å². The highest BCUT2D eigenvalue weighted by Gasteiger charge is 2.05. The molecular formula is C16H13ClN2S. The first kappa shape index (κ1) is 13.3. The SMILES string of the molecule is Nc1cccc(SCc2cc3ccccc3nc2Cl)c1. The minimum atomic E-state index is 0.570. The van der Waals surface area contributed by atoms with Crippen LogP contribution < -0.4 is 5.73 Å². The molecule has 100 valence electrons. The average molecular weight is 301 g/mol. The molecule has 0 saturated carbocycles. The van der Waals surface area contributed by atoms with E-state index in [1.165, 1.54) is 0 Å². The summed E-state index contributed by atoms with van der Waals surface area (Å²) in [5.41, 5.74) is 8.52. The van der Waals surface area contributed by atoms with Gasteiger partial charge in [-0.2, -0.15) is 0 Å². The number of rotatable bonds is 3. The Labute approximate surface area is 127 Å². The number of nitrogens with zero attached hydrogens (tertiary/aromatic N) is 1. The summed E-state index contributed by atoms with van der Waals surface area (Å²) in [5.74, 6) is 0.778. The van der Waals surface area contributed by atoms with Crippen LogP contribution in [0.3, 0.4) is 0 Å². The number of hydrogen-bond donors (Lipinski definition) is 1. The predicted octanol–water partition coefficient (Wildman–Crippen LogP) is 4.76. The van der Waals surface area contributed by atoms with Crippen LogP contribution in [0.25, 0.3) is 10.9 Å². The van der Waals surface area contributed by atoms with Crippen molar-refractivity contribution in [1.82, 2.24) is 4.98 Å². The van der Waals surface area contributed by atoms with E-state index < -0.39 is 0 Å². The Kier molecular flexibility index (Phi) is 3.81. The molecule has 0 saturated heterocycles. The molecule has 0 aliphatic rings. The van der Waals surface area contributed by atoms with Gasteiger partial charge in [0.25, 0.3) is 0 Å². The van der Waals surface area contributed by atoms with Crippen LogP contribution in [0, 0.1) is 0 Å². The van der Waals surface area contributed by atoms with Gasteiger partial charge in [-0.25, -0.2) is 4.98 Å². The summed E-state index contributed by atoms with van der Waals surface area (Å²) in [4.78, 5) is 5.57. The third kappa shape index (κ3) is 2.89. The van der Waals surface area contributed by atoms with E-state index >= 15 is 0 Å². The third-order valence-electron chi connectivity index (χ3n) is 3.00. The van der Waals surface area contributed by atoms with Crippen molar-refractivity contribution in [2.24, 2.45) is 0 Å². The van der Waals surface area contributed by atoms with Crippen LogP contribution in [-0.4, -0.2) is 4.98 Å². The van der Waals surface area contributed by atoms with Crippen LogP contribution in [0.15, 0.2) is 59.5 Å².